The van der Waals surface area contributed by atoms with Gasteiger partial charge in [0.15, 0.2) is 0 Å². The minimum atomic E-state index is 0.149. The van der Waals surface area contributed by atoms with Crippen LogP contribution in [0.4, 0.5) is 17.1 Å². The zero-order valence-corrected chi connectivity index (χ0v) is 32.8. The summed E-state index contributed by atoms with van der Waals surface area (Å²) in [6, 6.07) is 66.0. The molecule has 9 aromatic carbocycles. The van der Waals surface area contributed by atoms with Gasteiger partial charge < -0.3 is 9.64 Å². The highest BCUT2D eigenvalue weighted by atomic mass is 16.5. The quantitative estimate of drug-likeness (QED) is 0.151. The van der Waals surface area contributed by atoms with Crippen molar-refractivity contribution >= 4 is 61.7 Å². The van der Waals surface area contributed by atoms with Crippen LogP contribution in [0.25, 0.3) is 43.8 Å². The number of para-hydroxylation sites is 2. The molecule has 0 atom stereocenters. The molecule has 0 bridgehead atoms. The van der Waals surface area contributed by atoms with Crippen molar-refractivity contribution in [3.63, 3.8) is 0 Å². The van der Waals surface area contributed by atoms with Crippen molar-refractivity contribution in [1.82, 2.24) is 0 Å². The summed E-state index contributed by atoms with van der Waals surface area (Å²) in [4.78, 5) is 2.28. The minimum absolute atomic E-state index is 0.149. The Kier molecular flexibility index (Phi) is 8.53. The lowest BCUT2D eigenvalue weighted by Gasteiger charge is -2.28. The van der Waals surface area contributed by atoms with Gasteiger partial charge in [-0.1, -0.05) is 166 Å². The third-order valence-corrected chi connectivity index (χ3v) is 11.9. The first-order chi connectivity index (χ1) is 27.9. The maximum absolute atomic E-state index is 6.79. The number of fused-ring (bicyclic) bond motifs is 3. The summed E-state index contributed by atoms with van der Waals surface area (Å²) < 4.78 is 6.79. The van der Waals surface area contributed by atoms with Gasteiger partial charge >= 0.3 is 0 Å². The normalized spacial score (nSPS) is 11.6. The Morgan fingerprint density at radius 3 is 1.61 bits per heavy atom. The second kappa shape index (κ2) is 14.0. The van der Waals surface area contributed by atoms with Crippen LogP contribution in [-0.4, -0.2) is 6.71 Å². The van der Waals surface area contributed by atoms with Gasteiger partial charge in [-0.15, -0.1) is 0 Å². The summed E-state index contributed by atoms with van der Waals surface area (Å²) in [5.41, 5.74) is 17.4. The molecule has 9 aromatic rings. The lowest BCUT2D eigenvalue weighted by molar-refractivity contribution is 0.487. The van der Waals surface area contributed by atoms with E-state index in [0.29, 0.717) is 0 Å². The van der Waals surface area contributed by atoms with Crippen molar-refractivity contribution in [2.75, 3.05) is 4.90 Å². The van der Waals surface area contributed by atoms with Crippen LogP contribution in [0.2, 0.25) is 0 Å². The van der Waals surface area contributed by atoms with Gasteiger partial charge in [0.1, 0.15) is 11.5 Å². The van der Waals surface area contributed by atoms with E-state index in [-0.39, 0.29) is 6.71 Å². The molecule has 0 saturated heterocycles. The maximum atomic E-state index is 6.79. The van der Waals surface area contributed by atoms with E-state index in [2.05, 4.69) is 215 Å². The van der Waals surface area contributed by atoms with Crippen LogP contribution in [-0.2, 0) is 0 Å². The van der Waals surface area contributed by atoms with Crippen molar-refractivity contribution in [3.8, 4) is 33.8 Å². The van der Waals surface area contributed by atoms with Gasteiger partial charge in [-0.25, -0.2) is 0 Å². The molecule has 272 valence electrons. The number of nitrogens with zero attached hydrogens (tertiary/aromatic N) is 1. The fraction of sp³-hybridized carbons (Fsp3) is 0.0741. The smallest absolute Gasteiger partial charge is 0.242 e. The molecule has 0 aromatic heterocycles. The van der Waals surface area contributed by atoms with Crippen LogP contribution in [0.1, 0.15) is 22.3 Å². The first-order valence-corrected chi connectivity index (χ1v) is 19.9. The second-order valence-corrected chi connectivity index (χ2v) is 15.5. The Bertz CT molecular complexity index is 2860. The van der Waals surface area contributed by atoms with Gasteiger partial charge in [-0.05, 0) is 109 Å². The zero-order valence-electron chi connectivity index (χ0n) is 32.8. The van der Waals surface area contributed by atoms with Gasteiger partial charge in [0.25, 0.3) is 0 Å². The van der Waals surface area contributed by atoms with E-state index in [1.807, 2.05) is 0 Å². The third kappa shape index (κ3) is 5.99. The number of hydrogen-bond donors (Lipinski definition) is 0. The average molecular weight is 732 g/mol. The van der Waals surface area contributed by atoms with Crippen LogP contribution in [0.5, 0.6) is 11.5 Å². The van der Waals surface area contributed by atoms with Gasteiger partial charge in [0.05, 0.1) is 0 Å². The number of aryl methyl sites for hydroxylation is 4. The number of hydrogen-bond acceptors (Lipinski definition) is 2. The number of ether oxygens (including phenoxy) is 1. The molecule has 0 saturated carbocycles. The van der Waals surface area contributed by atoms with E-state index >= 15 is 0 Å². The molecule has 2 nitrogen and oxygen atoms in total. The Morgan fingerprint density at radius 2 is 0.965 bits per heavy atom. The van der Waals surface area contributed by atoms with Crippen LogP contribution in [0, 0.1) is 27.7 Å². The van der Waals surface area contributed by atoms with E-state index in [0.717, 1.165) is 39.5 Å². The summed E-state index contributed by atoms with van der Waals surface area (Å²) in [6.07, 6.45) is 0. The van der Waals surface area contributed by atoms with E-state index in [1.54, 1.807) is 0 Å². The molecular formula is C54H42BNO. The molecule has 1 heterocycles. The monoisotopic (exact) mass is 731 g/mol. The number of rotatable bonds is 7. The molecule has 0 spiro atoms. The summed E-state index contributed by atoms with van der Waals surface area (Å²) in [6.45, 7) is 9.16. The van der Waals surface area contributed by atoms with E-state index in [9.17, 15) is 0 Å². The zero-order chi connectivity index (χ0) is 38.6. The molecule has 3 heteroatoms. The topological polar surface area (TPSA) is 12.5 Å². The Morgan fingerprint density at radius 1 is 0.404 bits per heavy atom. The first kappa shape index (κ1) is 34.6. The highest BCUT2D eigenvalue weighted by Gasteiger charge is 2.28. The van der Waals surface area contributed by atoms with E-state index in [4.69, 9.17) is 4.74 Å². The van der Waals surface area contributed by atoms with Gasteiger partial charge in [-0.2, -0.15) is 0 Å². The van der Waals surface area contributed by atoms with Crippen molar-refractivity contribution in [2.45, 2.75) is 27.7 Å². The molecule has 10 rings (SSSR count). The van der Waals surface area contributed by atoms with Crippen LogP contribution < -0.4 is 26.0 Å². The second-order valence-electron chi connectivity index (χ2n) is 15.5. The third-order valence-electron chi connectivity index (χ3n) is 11.9. The summed E-state index contributed by atoms with van der Waals surface area (Å²) in [5, 5.41) is 4.82. The first-order valence-electron chi connectivity index (χ1n) is 19.9. The lowest BCUT2D eigenvalue weighted by Crippen LogP contribution is -2.55. The number of benzene rings is 9. The Balaban J connectivity index is 1.04. The molecule has 1 aliphatic heterocycles. The number of anilines is 3. The molecule has 0 fully saturated rings. The molecule has 0 amide bonds. The largest absolute Gasteiger partial charge is 0.456 e. The highest BCUT2D eigenvalue weighted by Crippen LogP contribution is 2.50. The summed E-state index contributed by atoms with van der Waals surface area (Å²) in [7, 11) is 0. The fourth-order valence-corrected chi connectivity index (χ4v) is 9.27. The average Bonchev–Trinajstić information content (AvgIpc) is 3.23. The van der Waals surface area contributed by atoms with Crippen LogP contribution in [0.15, 0.2) is 182 Å². The Hall–Kier alpha value is -6.84. The highest BCUT2D eigenvalue weighted by molar-refractivity contribution is 6.96. The molecule has 1 aliphatic rings. The van der Waals surface area contributed by atoms with Gasteiger partial charge in [-0.3, -0.25) is 0 Å². The predicted molar refractivity (Wildman–Crippen MR) is 244 cm³/mol. The summed E-state index contributed by atoms with van der Waals surface area (Å²) >= 11 is 0. The molecular weight excluding hydrogens is 689 g/mol. The molecule has 0 aliphatic carbocycles. The maximum Gasteiger partial charge on any atom is 0.242 e. The van der Waals surface area contributed by atoms with Crippen LogP contribution >= 0.6 is 0 Å². The molecule has 0 radical (unpaired) electrons. The standard InChI is InChI=1S/C54H42BNO/c1-35-14-11-15-36(2)53(35)55(54-37(3)16-12-17-38(54)4)42-27-26-39-32-41(25-24-40(39)33-42)46-30-31-49-47-29-28-45(34-51(47)57-50-23-13-22-48(46)52(49)50)56(43-18-7-5-8-19-43)44-20-9-6-10-21-44/h5-34H,1-4H3. The van der Waals surface area contributed by atoms with Crippen molar-refractivity contribution in [3.05, 3.63) is 204 Å². The van der Waals surface area contributed by atoms with Crippen LogP contribution in [0.3, 0.4) is 0 Å². The van der Waals surface area contributed by atoms with Crippen molar-refractivity contribution in [1.29, 1.82) is 0 Å². The van der Waals surface area contributed by atoms with Gasteiger partial charge in [0, 0.05) is 34.1 Å². The van der Waals surface area contributed by atoms with Gasteiger partial charge in [0.2, 0.25) is 6.71 Å². The van der Waals surface area contributed by atoms with E-state index < -0.39 is 0 Å². The SMILES string of the molecule is Cc1cccc(C)c1B(c1ccc2cc(-c3ccc4c5c(cccc35)Oc3cc(N(c5ccccc5)c5ccccc5)ccc3-4)ccc2c1)c1c(C)cccc1C. The predicted octanol–water partition coefficient (Wildman–Crippen LogP) is 12.7. The minimum Gasteiger partial charge on any atom is -0.456 e. The summed E-state index contributed by atoms with van der Waals surface area (Å²) in [5.74, 6) is 1.74. The lowest BCUT2D eigenvalue weighted by atomic mass is 9.34. The van der Waals surface area contributed by atoms with Crippen molar-refractivity contribution in [2.24, 2.45) is 0 Å². The van der Waals surface area contributed by atoms with E-state index in [1.165, 1.54) is 71.5 Å². The molecule has 0 N–H and O–H groups in total. The van der Waals surface area contributed by atoms with Crippen molar-refractivity contribution < 1.29 is 4.74 Å². The Labute approximate surface area is 335 Å². The molecule has 0 unspecified atom stereocenters. The fourth-order valence-electron chi connectivity index (χ4n) is 9.27. The molecule has 57 heavy (non-hydrogen) atoms.